The Morgan fingerprint density at radius 1 is 1.06 bits per heavy atom. The predicted octanol–water partition coefficient (Wildman–Crippen LogP) is 7.64. The van der Waals surface area contributed by atoms with E-state index in [0.29, 0.717) is 6.42 Å². The molecule has 1 aliphatic rings. The molecule has 0 bridgehead atoms. The Bertz CT molecular complexity index is 1320. The lowest BCUT2D eigenvalue weighted by atomic mass is 9.96. The maximum absolute atomic E-state index is 8.92. The molecule has 0 saturated heterocycles. The summed E-state index contributed by atoms with van der Waals surface area (Å²) in [6.07, 6.45) is 16.6. The Balaban J connectivity index is 1.62. The zero-order chi connectivity index (χ0) is 23.8. The maximum Gasteiger partial charge on any atom is 0.0709 e. The predicted molar refractivity (Wildman–Crippen MR) is 145 cm³/mol. The molecule has 0 atom stereocenters. The van der Waals surface area contributed by atoms with Crippen molar-refractivity contribution in [1.82, 2.24) is 4.98 Å². The van der Waals surface area contributed by atoms with Gasteiger partial charge in [-0.25, -0.2) is 4.98 Å². The van der Waals surface area contributed by atoms with Crippen LogP contribution in [0.25, 0.3) is 33.5 Å². The van der Waals surface area contributed by atoms with Gasteiger partial charge in [0.1, 0.15) is 0 Å². The number of nitrogens with zero attached hydrogens (tertiary/aromatic N) is 2. The van der Waals surface area contributed by atoms with Gasteiger partial charge in [0.25, 0.3) is 0 Å². The van der Waals surface area contributed by atoms with Gasteiger partial charge >= 0.3 is 0 Å². The van der Waals surface area contributed by atoms with E-state index in [1.54, 1.807) is 17.8 Å². The fraction of sp³-hybridized carbons (Fsp3) is 0.133. The molecule has 1 aliphatic carbocycles. The molecule has 0 spiro atoms. The second kappa shape index (κ2) is 11.4. The third-order valence-corrected chi connectivity index (χ3v) is 6.53. The summed E-state index contributed by atoms with van der Waals surface area (Å²) in [6.45, 7) is 0. The summed E-state index contributed by atoms with van der Waals surface area (Å²) in [4.78, 5) is 6.08. The summed E-state index contributed by atoms with van der Waals surface area (Å²) in [5.74, 6) is 0. The average Bonchev–Trinajstić information content (AvgIpc) is 2.91. The lowest BCUT2D eigenvalue weighted by molar-refractivity contribution is 1.04. The molecule has 1 heterocycles. The number of hydrogen-bond donors (Lipinski definition) is 1. The van der Waals surface area contributed by atoms with Crippen molar-refractivity contribution >= 4 is 22.9 Å². The van der Waals surface area contributed by atoms with E-state index in [0.717, 1.165) is 35.4 Å². The molecule has 2 N–H and O–H groups in total. The zero-order valence-electron chi connectivity index (χ0n) is 19.2. The van der Waals surface area contributed by atoms with Crippen molar-refractivity contribution in [3.05, 3.63) is 109 Å². The molecule has 168 valence electrons. The quantitative estimate of drug-likeness (QED) is 0.290. The van der Waals surface area contributed by atoms with Gasteiger partial charge in [0.15, 0.2) is 0 Å². The lowest BCUT2D eigenvalue weighted by Crippen LogP contribution is -1.92. The topological polar surface area (TPSA) is 62.7 Å². The van der Waals surface area contributed by atoms with Crippen molar-refractivity contribution in [2.45, 2.75) is 24.2 Å². The first-order valence-electron chi connectivity index (χ1n) is 11.3. The van der Waals surface area contributed by atoms with Crippen molar-refractivity contribution < 1.29 is 0 Å². The average molecular weight is 462 g/mol. The third kappa shape index (κ3) is 5.39. The van der Waals surface area contributed by atoms with E-state index in [2.05, 4.69) is 73.0 Å². The molecule has 0 fully saturated rings. The highest BCUT2D eigenvalue weighted by atomic mass is 32.2. The van der Waals surface area contributed by atoms with Gasteiger partial charge in [-0.05, 0) is 77.4 Å². The van der Waals surface area contributed by atoms with E-state index in [1.807, 2.05) is 24.3 Å². The van der Waals surface area contributed by atoms with E-state index in [1.165, 1.54) is 33.4 Å². The van der Waals surface area contributed by atoms with E-state index in [9.17, 15) is 0 Å². The van der Waals surface area contributed by atoms with Crippen LogP contribution < -0.4 is 5.73 Å². The molecule has 4 heteroatoms. The summed E-state index contributed by atoms with van der Waals surface area (Å²) < 4.78 is 0. The summed E-state index contributed by atoms with van der Waals surface area (Å²) in [7, 11) is 0. The van der Waals surface area contributed by atoms with Crippen LogP contribution in [0.3, 0.4) is 0 Å². The number of pyridine rings is 1. The molecule has 0 saturated carbocycles. The molecule has 3 aromatic rings. The molecular weight excluding hydrogens is 434 g/mol. The van der Waals surface area contributed by atoms with Crippen LogP contribution in [-0.2, 0) is 0 Å². The highest BCUT2D eigenvalue weighted by Crippen LogP contribution is 2.35. The van der Waals surface area contributed by atoms with Gasteiger partial charge in [-0.15, -0.1) is 11.8 Å². The molecule has 0 amide bonds. The fourth-order valence-electron chi connectivity index (χ4n) is 4.03. The van der Waals surface area contributed by atoms with Crippen LogP contribution in [0.2, 0.25) is 0 Å². The number of nitrogens with two attached hydrogens (primary N) is 1. The Morgan fingerprint density at radius 2 is 1.85 bits per heavy atom. The largest absolute Gasteiger partial charge is 0.405 e. The van der Waals surface area contributed by atoms with Crippen molar-refractivity contribution in [1.29, 1.82) is 5.26 Å². The Hall–Kier alpha value is -3.81. The number of rotatable bonds is 7. The zero-order valence-corrected chi connectivity index (χ0v) is 20.1. The molecule has 2 aromatic carbocycles. The van der Waals surface area contributed by atoms with Crippen LogP contribution in [0.4, 0.5) is 0 Å². The molecule has 0 unspecified atom stereocenters. The standard InChI is InChI=1S/C30H27N3S/c1-34-30-21-26(22-7-3-2-4-8-22)16-17-27(30)23-12-14-25(15-13-23)29-11-5-10-28(33-29)24(18-20-32)9-6-19-31/h3,5,7-18,20-21H,2,4,6,32H2,1H3/b20-18-,24-9+. The number of hydrogen-bond acceptors (Lipinski definition) is 4. The Morgan fingerprint density at radius 3 is 2.56 bits per heavy atom. The SMILES string of the molecule is CSc1cc(C2=CCCC=C2)ccc1-c1ccc(-c2cccc(C(/C=C\N)=C/CC#N)n2)cc1. The maximum atomic E-state index is 8.92. The van der Waals surface area contributed by atoms with Crippen LogP contribution in [-0.4, -0.2) is 11.2 Å². The second-order valence-corrected chi connectivity index (χ2v) is 8.77. The molecule has 34 heavy (non-hydrogen) atoms. The van der Waals surface area contributed by atoms with E-state index < -0.39 is 0 Å². The van der Waals surface area contributed by atoms with Crippen LogP contribution in [0, 0.1) is 11.3 Å². The Labute approximate surface area is 206 Å². The van der Waals surface area contributed by atoms with E-state index in [4.69, 9.17) is 16.0 Å². The Kier molecular flexibility index (Phi) is 7.80. The van der Waals surface area contributed by atoms with Gasteiger partial charge in [0, 0.05) is 10.5 Å². The molecule has 3 nitrogen and oxygen atoms in total. The van der Waals surface area contributed by atoms with Crippen LogP contribution in [0.15, 0.2) is 102 Å². The highest BCUT2D eigenvalue weighted by Gasteiger charge is 2.10. The van der Waals surface area contributed by atoms with Gasteiger partial charge in [-0.3, -0.25) is 0 Å². The normalized spacial score (nSPS) is 13.6. The summed E-state index contributed by atoms with van der Waals surface area (Å²) >= 11 is 1.78. The molecule has 1 aromatic heterocycles. The van der Waals surface area contributed by atoms with Crippen LogP contribution >= 0.6 is 11.8 Å². The minimum Gasteiger partial charge on any atom is -0.405 e. The first kappa shape index (κ1) is 23.4. The summed E-state index contributed by atoms with van der Waals surface area (Å²) in [5.41, 5.74) is 14.2. The van der Waals surface area contributed by atoms with E-state index >= 15 is 0 Å². The molecule has 4 rings (SSSR count). The van der Waals surface area contributed by atoms with Gasteiger partial charge < -0.3 is 5.73 Å². The monoisotopic (exact) mass is 461 g/mol. The van der Waals surface area contributed by atoms with E-state index in [-0.39, 0.29) is 0 Å². The van der Waals surface area contributed by atoms with Crippen LogP contribution in [0.1, 0.15) is 30.5 Å². The minimum absolute atomic E-state index is 0.310. The van der Waals surface area contributed by atoms with Gasteiger partial charge in [-0.2, -0.15) is 5.26 Å². The fourth-order valence-corrected chi connectivity index (χ4v) is 4.68. The number of aromatic nitrogens is 1. The first-order chi connectivity index (χ1) is 16.7. The summed E-state index contributed by atoms with van der Waals surface area (Å²) in [5, 5.41) is 8.92. The number of thioether (sulfide) groups is 1. The van der Waals surface area contributed by atoms with Gasteiger partial charge in [0.05, 0.1) is 23.9 Å². The number of benzene rings is 2. The van der Waals surface area contributed by atoms with Gasteiger partial charge in [-0.1, -0.05) is 66.8 Å². The number of nitriles is 1. The minimum atomic E-state index is 0.310. The second-order valence-electron chi connectivity index (χ2n) is 7.92. The van der Waals surface area contributed by atoms with Crippen molar-refractivity contribution in [3.63, 3.8) is 0 Å². The van der Waals surface area contributed by atoms with Crippen molar-refractivity contribution in [2.24, 2.45) is 5.73 Å². The highest BCUT2D eigenvalue weighted by molar-refractivity contribution is 7.98. The first-order valence-corrected chi connectivity index (χ1v) is 12.5. The third-order valence-electron chi connectivity index (χ3n) is 5.76. The van der Waals surface area contributed by atoms with Crippen molar-refractivity contribution in [2.75, 3.05) is 6.26 Å². The summed E-state index contributed by atoms with van der Waals surface area (Å²) in [6, 6.07) is 23.3. The molecule has 0 aliphatic heterocycles. The number of allylic oxidation sites excluding steroid dienone is 7. The molecular formula is C30H27N3S. The van der Waals surface area contributed by atoms with Crippen LogP contribution in [0.5, 0.6) is 0 Å². The smallest absolute Gasteiger partial charge is 0.0709 e. The molecule has 0 radical (unpaired) electrons. The van der Waals surface area contributed by atoms with Gasteiger partial charge in [0.2, 0.25) is 0 Å². The lowest BCUT2D eigenvalue weighted by Gasteiger charge is -2.13. The van der Waals surface area contributed by atoms with Crippen molar-refractivity contribution in [3.8, 4) is 28.5 Å².